The molecule has 6 heteroatoms. The lowest BCUT2D eigenvalue weighted by atomic mass is 10.2. The number of aromatic nitrogens is 3. The molecule has 1 aromatic carbocycles. The van der Waals surface area contributed by atoms with Gasteiger partial charge in [-0.05, 0) is 19.1 Å². The molecule has 1 amide bonds. The summed E-state index contributed by atoms with van der Waals surface area (Å²) in [5.74, 6) is 0.620. The molecule has 0 saturated heterocycles. The number of carbonyl (C=O) groups is 1. The number of hydrogen-bond acceptors (Lipinski definition) is 5. The molecular formula is C15H14N4O2. The number of nitrogens with zero attached hydrogens (tertiary/aromatic N) is 3. The molecule has 21 heavy (non-hydrogen) atoms. The molecule has 0 unspecified atom stereocenters. The zero-order valence-electron chi connectivity index (χ0n) is 11.7. The molecular weight excluding hydrogens is 268 g/mol. The van der Waals surface area contributed by atoms with Gasteiger partial charge in [0.05, 0.1) is 5.52 Å². The van der Waals surface area contributed by atoms with Crippen LogP contribution in [0.5, 0.6) is 0 Å². The number of benzene rings is 1. The van der Waals surface area contributed by atoms with Crippen LogP contribution in [0.4, 0.5) is 0 Å². The number of rotatable bonds is 3. The normalized spacial score (nSPS) is 12.3. The summed E-state index contributed by atoms with van der Waals surface area (Å²) < 4.78 is 5.18. The predicted molar refractivity (Wildman–Crippen MR) is 77.3 cm³/mol. The van der Waals surface area contributed by atoms with Crippen molar-refractivity contribution in [1.29, 1.82) is 0 Å². The first kappa shape index (κ1) is 13.2. The third-order valence-electron chi connectivity index (χ3n) is 3.06. The van der Waals surface area contributed by atoms with Gasteiger partial charge in [-0.1, -0.05) is 29.4 Å². The van der Waals surface area contributed by atoms with Crippen molar-refractivity contribution in [3.05, 3.63) is 42.3 Å². The topological polar surface area (TPSA) is 80.9 Å². The molecule has 0 aliphatic carbocycles. The SMILES string of the molecule is CC(=O)N[C@@H](C)c1nc(-c2ccc3ccccc3n2)no1. The zero-order chi connectivity index (χ0) is 14.8. The summed E-state index contributed by atoms with van der Waals surface area (Å²) in [6.07, 6.45) is 0. The van der Waals surface area contributed by atoms with Gasteiger partial charge >= 0.3 is 0 Å². The van der Waals surface area contributed by atoms with Crippen molar-refractivity contribution in [1.82, 2.24) is 20.4 Å². The molecule has 1 N–H and O–H groups in total. The van der Waals surface area contributed by atoms with E-state index in [1.54, 1.807) is 6.92 Å². The summed E-state index contributed by atoms with van der Waals surface area (Å²) in [4.78, 5) is 19.8. The van der Waals surface area contributed by atoms with Crippen LogP contribution >= 0.6 is 0 Å². The molecule has 1 atom stereocenters. The number of carbonyl (C=O) groups excluding carboxylic acids is 1. The van der Waals surface area contributed by atoms with Crippen LogP contribution < -0.4 is 5.32 Å². The summed E-state index contributed by atoms with van der Waals surface area (Å²) in [5, 5.41) is 7.67. The Kier molecular flexibility index (Phi) is 3.35. The molecule has 2 heterocycles. The smallest absolute Gasteiger partial charge is 0.249 e. The summed E-state index contributed by atoms with van der Waals surface area (Å²) in [6.45, 7) is 3.23. The Morgan fingerprint density at radius 2 is 2.00 bits per heavy atom. The van der Waals surface area contributed by atoms with Crippen molar-refractivity contribution >= 4 is 16.8 Å². The van der Waals surface area contributed by atoms with E-state index < -0.39 is 0 Å². The van der Waals surface area contributed by atoms with Crippen LogP contribution in [-0.4, -0.2) is 21.0 Å². The van der Waals surface area contributed by atoms with E-state index in [9.17, 15) is 4.79 Å². The molecule has 0 fully saturated rings. The van der Waals surface area contributed by atoms with Crippen molar-refractivity contribution in [2.24, 2.45) is 0 Å². The van der Waals surface area contributed by atoms with Gasteiger partial charge in [0, 0.05) is 12.3 Å². The fourth-order valence-electron chi connectivity index (χ4n) is 2.07. The third-order valence-corrected chi connectivity index (χ3v) is 3.06. The standard InChI is InChI=1S/C15H14N4O2/c1-9(16-10(2)20)15-18-14(19-21-15)13-8-7-11-5-3-4-6-12(11)17-13/h3-9H,1-2H3,(H,16,20)/t9-/m0/s1. The van der Waals surface area contributed by atoms with Gasteiger partial charge < -0.3 is 9.84 Å². The van der Waals surface area contributed by atoms with E-state index in [0.717, 1.165) is 10.9 Å². The first-order valence-corrected chi connectivity index (χ1v) is 6.60. The lowest BCUT2D eigenvalue weighted by Gasteiger charge is -2.05. The number of fused-ring (bicyclic) bond motifs is 1. The van der Waals surface area contributed by atoms with E-state index in [1.165, 1.54) is 6.92 Å². The molecule has 6 nitrogen and oxygen atoms in total. The predicted octanol–water partition coefficient (Wildman–Crippen LogP) is 2.48. The number of amides is 1. The summed E-state index contributed by atoms with van der Waals surface area (Å²) >= 11 is 0. The maximum atomic E-state index is 11.0. The maximum absolute atomic E-state index is 11.0. The number of nitrogens with one attached hydrogen (secondary N) is 1. The zero-order valence-corrected chi connectivity index (χ0v) is 11.7. The van der Waals surface area contributed by atoms with Crippen molar-refractivity contribution < 1.29 is 9.32 Å². The molecule has 106 valence electrons. The molecule has 0 saturated carbocycles. The minimum absolute atomic E-state index is 0.147. The Bertz CT molecular complexity index is 797. The van der Waals surface area contributed by atoms with Gasteiger partial charge in [-0.3, -0.25) is 4.79 Å². The van der Waals surface area contributed by atoms with Gasteiger partial charge in [0.15, 0.2) is 0 Å². The van der Waals surface area contributed by atoms with Crippen LogP contribution in [0.1, 0.15) is 25.8 Å². The summed E-state index contributed by atoms with van der Waals surface area (Å²) in [5.41, 5.74) is 1.51. The number of hydrogen-bond donors (Lipinski definition) is 1. The Morgan fingerprint density at radius 1 is 1.19 bits per heavy atom. The van der Waals surface area contributed by atoms with Gasteiger partial charge in [0.2, 0.25) is 17.6 Å². The Balaban J connectivity index is 1.92. The van der Waals surface area contributed by atoms with Crippen LogP contribution in [0.3, 0.4) is 0 Å². The Hall–Kier alpha value is -2.76. The van der Waals surface area contributed by atoms with E-state index in [1.807, 2.05) is 36.4 Å². The minimum Gasteiger partial charge on any atom is -0.345 e. The van der Waals surface area contributed by atoms with Crippen LogP contribution in [-0.2, 0) is 4.79 Å². The van der Waals surface area contributed by atoms with Crippen LogP contribution in [0.2, 0.25) is 0 Å². The molecule has 2 aromatic heterocycles. The van der Waals surface area contributed by atoms with Gasteiger partial charge in [0.25, 0.3) is 0 Å². The lowest BCUT2D eigenvalue weighted by molar-refractivity contribution is -0.119. The first-order valence-electron chi connectivity index (χ1n) is 6.60. The highest BCUT2D eigenvalue weighted by Gasteiger charge is 2.16. The quantitative estimate of drug-likeness (QED) is 0.798. The van der Waals surface area contributed by atoms with Crippen LogP contribution in [0.15, 0.2) is 40.9 Å². The fourth-order valence-corrected chi connectivity index (χ4v) is 2.07. The van der Waals surface area contributed by atoms with E-state index in [-0.39, 0.29) is 11.9 Å². The molecule has 0 aliphatic heterocycles. The van der Waals surface area contributed by atoms with E-state index >= 15 is 0 Å². The second kappa shape index (κ2) is 5.32. The Labute approximate surface area is 121 Å². The summed E-state index contributed by atoms with van der Waals surface area (Å²) in [7, 11) is 0. The monoisotopic (exact) mass is 282 g/mol. The van der Waals surface area contributed by atoms with E-state index in [0.29, 0.717) is 17.4 Å². The molecule has 3 rings (SSSR count). The van der Waals surface area contributed by atoms with Crippen molar-refractivity contribution in [3.63, 3.8) is 0 Å². The largest absolute Gasteiger partial charge is 0.345 e. The minimum atomic E-state index is -0.329. The van der Waals surface area contributed by atoms with Crippen molar-refractivity contribution in [2.45, 2.75) is 19.9 Å². The molecule has 0 radical (unpaired) electrons. The molecule has 0 aliphatic rings. The maximum Gasteiger partial charge on any atom is 0.249 e. The van der Waals surface area contributed by atoms with E-state index in [2.05, 4.69) is 20.4 Å². The fraction of sp³-hybridized carbons (Fsp3) is 0.200. The van der Waals surface area contributed by atoms with Gasteiger partial charge in [-0.15, -0.1) is 0 Å². The third kappa shape index (κ3) is 2.74. The van der Waals surface area contributed by atoms with Crippen LogP contribution in [0, 0.1) is 0 Å². The van der Waals surface area contributed by atoms with E-state index in [4.69, 9.17) is 4.52 Å². The Morgan fingerprint density at radius 3 is 2.81 bits per heavy atom. The first-order chi connectivity index (χ1) is 10.1. The highest BCUT2D eigenvalue weighted by atomic mass is 16.5. The molecule has 0 bridgehead atoms. The van der Waals surface area contributed by atoms with Gasteiger partial charge in [0.1, 0.15) is 11.7 Å². The highest BCUT2D eigenvalue weighted by molar-refractivity contribution is 5.80. The number of para-hydroxylation sites is 1. The van der Waals surface area contributed by atoms with Crippen molar-refractivity contribution in [3.8, 4) is 11.5 Å². The van der Waals surface area contributed by atoms with Crippen molar-refractivity contribution in [2.75, 3.05) is 0 Å². The lowest BCUT2D eigenvalue weighted by Crippen LogP contribution is -2.23. The molecule has 0 spiro atoms. The highest BCUT2D eigenvalue weighted by Crippen LogP contribution is 2.20. The van der Waals surface area contributed by atoms with Gasteiger partial charge in [-0.25, -0.2) is 4.98 Å². The number of pyridine rings is 1. The second-order valence-electron chi connectivity index (χ2n) is 4.77. The average molecular weight is 282 g/mol. The van der Waals surface area contributed by atoms with Gasteiger partial charge in [-0.2, -0.15) is 4.98 Å². The second-order valence-corrected chi connectivity index (χ2v) is 4.77. The summed E-state index contributed by atoms with van der Waals surface area (Å²) in [6, 6.07) is 11.3. The average Bonchev–Trinajstić information content (AvgIpc) is 2.96. The van der Waals surface area contributed by atoms with Crippen LogP contribution in [0.25, 0.3) is 22.4 Å². The molecule has 3 aromatic rings.